The van der Waals surface area contributed by atoms with Gasteiger partial charge in [-0.15, -0.1) is 0 Å². The van der Waals surface area contributed by atoms with Crippen LogP contribution >= 0.6 is 0 Å². The fourth-order valence-electron chi connectivity index (χ4n) is 2.65. The number of aromatic nitrogens is 2. The van der Waals surface area contributed by atoms with Crippen LogP contribution in [0, 0.1) is 20.8 Å². The molecule has 1 atom stereocenters. The van der Waals surface area contributed by atoms with Gasteiger partial charge in [-0.05, 0) is 53.3 Å². The summed E-state index contributed by atoms with van der Waals surface area (Å²) >= 11 is 0. The average Bonchev–Trinajstić information content (AvgIpc) is 2.94. The molecule has 2 heterocycles. The van der Waals surface area contributed by atoms with E-state index in [2.05, 4.69) is 37.3 Å². The number of hydrogen-bond donors (Lipinski definition) is 1. The third-order valence-electron chi connectivity index (χ3n) is 3.92. The van der Waals surface area contributed by atoms with Crippen molar-refractivity contribution in [3.8, 4) is 0 Å². The Morgan fingerprint density at radius 2 is 1.95 bits per heavy atom. The Bertz CT molecular complexity index is 581. The van der Waals surface area contributed by atoms with E-state index in [1.165, 1.54) is 11.1 Å². The fraction of sp³-hybridized carbons (Fsp3) is 0.562. The molecule has 4 nitrogen and oxygen atoms in total. The van der Waals surface area contributed by atoms with Crippen molar-refractivity contribution < 1.29 is 4.42 Å². The van der Waals surface area contributed by atoms with Gasteiger partial charge in [0.2, 0.25) is 0 Å². The molecule has 0 aliphatic rings. The second-order valence-corrected chi connectivity index (χ2v) is 5.68. The van der Waals surface area contributed by atoms with Crippen LogP contribution in [0.2, 0.25) is 0 Å². The van der Waals surface area contributed by atoms with Crippen LogP contribution in [0.4, 0.5) is 0 Å². The number of nitrogens with one attached hydrogen (secondary N) is 1. The van der Waals surface area contributed by atoms with Gasteiger partial charge in [0.25, 0.3) is 0 Å². The molecule has 0 fully saturated rings. The highest BCUT2D eigenvalue weighted by molar-refractivity contribution is 5.35. The summed E-state index contributed by atoms with van der Waals surface area (Å²) in [7, 11) is 1.99. The molecule has 1 N–H and O–H groups in total. The molecule has 2 rings (SSSR count). The normalized spacial score (nSPS) is 13.2. The molecule has 2 aromatic heterocycles. The summed E-state index contributed by atoms with van der Waals surface area (Å²) < 4.78 is 7.75. The maximum atomic E-state index is 5.74. The van der Waals surface area contributed by atoms with Crippen LogP contribution in [0.1, 0.15) is 54.3 Å². The van der Waals surface area contributed by atoms with Gasteiger partial charge in [-0.2, -0.15) is 5.10 Å². The van der Waals surface area contributed by atoms with Gasteiger partial charge in [0.1, 0.15) is 11.5 Å². The molecular formula is C16H25N3O. The van der Waals surface area contributed by atoms with E-state index in [0.717, 1.165) is 23.6 Å². The highest BCUT2D eigenvalue weighted by atomic mass is 16.3. The molecule has 0 saturated carbocycles. The van der Waals surface area contributed by atoms with Crippen molar-refractivity contribution in [3.05, 3.63) is 40.6 Å². The van der Waals surface area contributed by atoms with E-state index >= 15 is 0 Å². The lowest BCUT2D eigenvalue weighted by Crippen LogP contribution is -2.20. The molecule has 2 aromatic rings. The number of hydrogen-bond acceptors (Lipinski definition) is 3. The lowest BCUT2D eigenvalue weighted by Gasteiger charge is -2.16. The van der Waals surface area contributed by atoms with Crippen molar-refractivity contribution >= 4 is 0 Å². The van der Waals surface area contributed by atoms with Gasteiger partial charge < -0.3 is 9.73 Å². The quantitative estimate of drug-likeness (QED) is 0.908. The van der Waals surface area contributed by atoms with E-state index in [-0.39, 0.29) is 6.04 Å². The smallest absolute Gasteiger partial charge is 0.106 e. The third-order valence-corrected chi connectivity index (χ3v) is 3.92. The zero-order valence-electron chi connectivity index (χ0n) is 13.3. The van der Waals surface area contributed by atoms with Crippen molar-refractivity contribution in [1.29, 1.82) is 0 Å². The van der Waals surface area contributed by atoms with E-state index < -0.39 is 0 Å². The molecule has 0 spiro atoms. The van der Waals surface area contributed by atoms with Crippen molar-refractivity contribution in [2.75, 3.05) is 7.05 Å². The fourth-order valence-corrected chi connectivity index (χ4v) is 2.65. The largest absolute Gasteiger partial charge is 0.466 e. The van der Waals surface area contributed by atoms with Crippen LogP contribution in [-0.4, -0.2) is 16.8 Å². The van der Waals surface area contributed by atoms with E-state index in [1.54, 1.807) is 0 Å². The van der Waals surface area contributed by atoms with Gasteiger partial charge in [0.15, 0.2) is 0 Å². The standard InChI is InChI=1S/C16H25N3O/c1-10(2)19-8-7-14(18-19)9-15(17-6)16-11(3)12(4)20-13(16)5/h7-8,10,15,17H,9H2,1-6H3. The van der Waals surface area contributed by atoms with Gasteiger partial charge in [-0.25, -0.2) is 0 Å². The Morgan fingerprint density at radius 3 is 2.40 bits per heavy atom. The molecular weight excluding hydrogens is 250 g/mol. The summed E-state index contributed by atoms with van der Waals surface area (Å²) in [6, 6.07) is 2.74. The first-order valence-corrected chi connectivity index (χ1v) is 7.21. The zero-order chi connectivity index (χ0) is 14.9. The Hall–Kier alpha value is -1.55. The second kappa shape index (κ2) is 5.83. The lowest BCUT2D eigenvalue weighted by molar-refractivity contribution is 0.486. The molecule has 0 amide bonds. The minimum absolute atomic E-state index is 0.239. The first kappa shape index (κ1) is 14.9. The molecule has 0 aliphatic carbocycles. The Morgan fingerprint density at radius 1 is 1.25 bits per heavy atom. The van der Waals surface area contributed by atoms with Gasteiger partial charge in [-0.3, -0.25) is 4.68 Å². The predicted molar refractivity (Wildman–Crippen MR) is 81.0 cm³/mol. The van der Waals surface area contributed by atoms with Gasteiger partial charge in [0, 0.05) is 30.3 Å². The lowest BCUT2D eigenvalue weighted by atomic mass is 9.98. The minimum Gasteiger partial charge on any atom is -0.466 e. The third kappa shape index (κ3) is 2.80. The van der Waals surface area contributed by atoms with E-state index in [9.17, 15) is 0 Å². The molecule has 1 unspecified atom stereocenters. The number of rotatable bonds is 5. The maximum Gasteiger partial charge on any atom is 0.106 e. The summed E-state index contributed by atoms with van der Waals surface area (Å²) in [4.78, 5) is 0. The van der Waals surface area contributed by atoms with Crippen molar-refractivity contribution in [1.82, 2.24) is 15.1 Å². The highest BCUT2D eigenvalue weighted by Crippen LogP contribution is 2.28. The van der Waals surface area contributed by atoms with E-state index in [1.807, 2.05) is 31.8 Å². The number of aryl methyl sites for hydroxylation is 2. The highest BCUT2D eigenvalue weighted by Gasteiger charge is 2.21. The molecule has 4 heteroatoms. The summed E-state index contributed by atoms with van der Waals surface area (Å²) in [6.07, 6.45) is 2.92. The Kier molecular flexibility index (Phi) is 4.33. The minimum atomic E-state index is 0.239. The van der Waals surface area contributed by atoms with Gasteiger partial charge in [0.05, 0.1) is 5.69 Å². The first-order valence-electron chi connectivity index (χ1n) is 7.21. The van der Waals surface area contributed by atoms with Crippen LogP contribution < -0.4 is 5.32 Å². The maximum absolute atomic E-state index is 5.74. The van der Waals surface area contributed by atoms with E-state index in [0.29, 0.717) is 6.04 Å². The van der Waals surface area contributed by atoms with E-state index in [4.69, 9.17) is 4.42 Å². The molecule has 0 saturated heterocycles. The topological polar surface area (TPSA) is 43.0 Å². The van der Waals surface area contributed by atoms with Crippen LogP contribution in [0.25, 0.3) is 0 Å². The van der Waals surface area contributed by atoms with Crippen molar-refractivity contribution in [3.63, 3.8) is 0 Å². The van der Waals surface area contributed by atoms with Crippen LogP contribution in [0.3, 0.4) is 0 Å². The number of nitrogens with zero attached hydrogens (tertiary/aromatic N) is 2. The first-order chi connectivity index (χ1) is 9.43. The van der Waals surface area contributed by atoms with Gasteiger partial charge in [-0.1, -0.05) is 0 Å². The molecule has 0 radical (unpaired) electrons. The van der Waals surface area contributed by atoms with Crippen LogP contribution in [0.15, 0.2) is 16.7 Å². The van der Waals surface area contributed by atoms with Crippen LogP contribution in [0.5, 0.6) is 0 Å². The molecule has 0 aromatic carbocycles. The number of likely N-dealkylation sites (N-methyl/N-ethyl adjacent to an activating group) is 1. The monoisotopic (exact) mass is 275 g/mol. The molecule has 20 heavy (non-hydrogen) atoms. The summed E-state index contributed by atoms with van der Waals surface area (Å²) in [5.41, 5.74) is 3.62. The average molecular weight is 275 g/mol. The zero-order valence-corrected chi connectivity index (χ0v) is 13.3. The predicted octanol–water partition coefficient (Wildman–Crippen LogP) is 3.49. The molecule has 0 bridgehead atoms. The summed E-state index contributed by atoms with van der Waals surface area (Å²) in [6.45, 7) is 10.5. The Balaban J connectivity index is 2.24. The van der Waals surface area contributed by atoms with Crippen LogP contribution in [-0.2, 0) is 6.42 Å². The molecule has 0 aliphatic heterocycles. The van der Waals surface area contributed by atoms with Crippen molar-refractivity contribution in [2.24, 2.45) is 0 Å². The van der Waals surface area contributed by atoms with Gasteiger partial charge >= 0.3 is 0 Å². The van der Waals surface area contributed by atoms with Crippen molar-refractivity contribution in [2.45, 2.75) is 53.1 Å². The summed E-state index contributed by atoms with van der Waals surface area (Å²) in [5, 5.41) is 8.03. The SMILES string of the molecule is CNC(Cc1ccn(C(C)C)n1)c1c(C)oc(C)c1C. The Labute approximate surface area is 121 Å². The second-order valence-electron chi connectivity index (χ2n) is 5.68. The summed E-state index contributed by atoms with van der Waals surface area (Å²) in [5.74, 6) is 2.01. The number of furan rings is 1. The molecule has 110 valence electrons.